The van der Waals surface area contributed by atoms with E-state index in [1.165, 1.54) is 24.2 Å². The van der Waals surface area contributed by atoms with Crippen molar-refractivity contribution in [1.82, 2.24) is 19.2 Å². The Bertz CT molecular complexity index is 1050. The minimum Gasteiger partial charge on any atom is -0.327 e. The number of hydrogen-bond acceptors (Lipinski definition) is 4. The highest BCUT2D eigenvalue weighted by atomic mass is 127. The minimum atomic E-state index is -3.43. The summed E-state index contributed by atoms with van der Waals surface area (Å²) in [5, 5.41) is 3.29. The van der Waals surface area contributed by atoms with E-state index in [1.54, 1.807) is 4.31 Å². The second-order valence-corrected chi connectivity index (χ2v) is 13.4. The van der Waals surface area contributed by atoms with Gasteiger partial charge in [-0.1, -0.05) is 23.8 Å². The highest BCUT2D eigenvalue weighted by Crippen LogP contribution is 2.78. The Morgan fingerprint density at radius 3 is 2.50 bits per heavy atom. The molecule has 162 valence electrons. The van der Waals surface area contributed by atoms with Crippen LogP contribution in [-0.2, 0) is 15.6 Å². The van der Waals surface area contributed by atoms with Crippen LogP contribution in [0, 0.1) is 9.12 Å². The van der Waals surface area contributed by atoms with Gasteiger partial charge in [-0.25, -0.2) is 13.4 Å². The first kappa shape index (κ1) is 19.9. The van der Waals surface area contributed by atoms with Gasteiger partial charge in [0, 0.05) is 49.2 Å². The molecule has 0 radical (unpaired) electrons. The van der Waals surface area contributed by atoms with E-state index in [4.69, 9.17) is 4.98 Å². The molecular formula is C22H29IN4O2S. The zero-order chi connectivity index (χ0) is 20.8. The van der Waals surface area contributed by atoms with E-state index in [9.17, 15) is 8.42 Å². The summed E-state index contributed by atoms with van der Waals surface area (Å²) in [6, 6.07) is 0. The highest BCUT2D eigenvalue weighted by Gasteiger charge is 2.79. The van der Waals surface area contributed by atoms with Crippen LogP contribution in [0.15, 0.2) is 30.0 Å². The molecule has 4 saturated carbocycles. The summed E-state index contributed by atoms with van der Waals surface area (Å²) in [4.78, 5) is 4.82. The number of rotatable bonds is 5. The normalized spacial score (nSPS) is 38.7. The van der Waals surface area contributed by atoms with Gasteiger partial charge in [0.1, 0.15) is 14.3 Å². The van der Waals surface area contributed by atoms with Crippen LogP contribution in [0.2, 0.25) is 0 Å². The summed E-state index contributed by atoms with van der Waals surface area (Å²) in [6.45, 7) is 4.70. The van der Waals surface area contributed by atoms with Crippen LogP contribution in [0.4, 0.5) is 0 Å². The molecule has 0 spiro atoms. The molecule has 0 aromatic carbocycles. The Hall–Kier alpha value is -0.710. The molecule has 5 aliphatic carbocycles. The predicted molar refractivity (Wildman–Crippen MR) is 125 cm³/mol. The lowest BCUT2D eigenvalue weighted by Gasteiger charge is -2.76. The average Bonchev–Trinajstić information content (AvgIpc) is 3.44. The molecule has 5 fully saturated rings. The third-order valence-electron chi connectivity index (χ3n) is 8.28. The van der Waals surface area contributed by atoms with Crippen molar-refractivity contribution in [2.75, 3.05) is 26.2 Å². The van der Waals surface area contributed by atoms with E-state index >= 15 is 0 Å². The number of sulfonamides is 1. The number of nitrogens with zero attached hydrogens (tertiary/aromatic N) is 3. The molecule has 1 N–H and O–H groups in total. The molecule has 1 unspecified atom stereocenters. The quantitative estimate of drug-likeness (QED) is 0.584. The summed E-state index contributed by atoms with van der Waals surface area (Å²) < 4.78 is 32.6. The van der Waals surface area contributed by atoms with E-state index in [0.717, 1.165) is 36.1 Å². The molecule has 6 nitrogen and oxygen atoms in total. The van der Waals surface area contributed by atoms with E-state index in [2.05, 4.69) is 57.7 Å². The molecule has 1 saturated heterocycles. The number of imidazole rings is 1. The van der Waals surface area contributed by atoms with Crippen LogP contribution in [0.25, 0.3) is 0 Å². The standard InChI is InChI=1S/C22H29IN4O2S/c1-16-4-6-22(7-5-16,30(28,29)26-10-8-24-9-11-26)20-13-21(14-20,15-20)27-12-18(23)25-19(27)17-2-3-17/h4-6,12,17,24H,2-3,7-11,13-15H2,1H3. The molecular weight excluding hydrogens is 511 g/mol. The maximum atomic E-state index is 14.1. The first-order chi connectivity index (χ1) is 14.3. The lowest BCUT2D eigenvalue weighted by atomic mass is 9.34. The van der Waals surface area contributed by atoms with E-state index in [1.807, 2.05) is 6.08 Å². The third-order valence-corrected chi connectivity index (χ3v) is 11.5. The first-order valence-corrected chi connectivity index (χ1v) is 13.6. The molecule has 1 aliphatic heterocycles. The molecule has 30 heavy (non-hydrogen) atoms. The molecule has 8 heteroatoms. The van der Waals surface area contributed by atoms with Gasteiger partial charge >= 0.3 is 0 Å². The van der Waals surface area contributed by atoms with Gasteiger partial charge in [0.2, 0.25) is 10.0 Å². The van der Waals surface area contributed by atoms with Gasteiger partial charge in [-0.2, -0.15) is 4.31 Å². The lowest BCUT2D eigenvalue weighted by molar-refractivity contribution is -0.203. The van der Waals surface area contributed by atoms with Crippen molar-refractivity contribution in [1.29, 1.82) is 0 Å². The van der Waals surface area contributed by atoms with Crippen LogP contribution in [0.3, 0.4) is 0 Å². The van der Waals surface area contributed by atoms with E-state index < -0.39 is 14.8 Å². The van der Waals surface area contributed by atoms with Crippen molar-refractivity contribution < 1.29 is 8.42 Å². The second kappa shape index (κ2) is 6.42. The maximum Gasteiger partial charge on any atom is 0.224 e. The van der Waals surface area contributed by atoms with Gasteiger partial charge < -0.3 is 9.88 Å². The third kappa shape index (κ3) is 2.53. The summed E-state index contributed by atoms with van der Waals surface area (Å²) in [7, 11) is -3.43. The molecule has 2 heterocycles. The Kier molecular flexibility index (Phi) is 4.27. The summed E-state index contributed by atoms with van der Waals surface area (Å²) in [5.74, 6) is 1.85. The van der Waals surface area contributed by atoms with Gasteiger partial charge in [-0.05, 0) is 68.0 Å². The van der Waals surface area contributed by atoms with Crippen molar-refractivity contribution in [3.8, 4) is 0 Å². The van der Waals surface area contributed by atoms with Crippen LogP contribution in [-0.4, -0.2) is 53.2 Å². The van der Waals surface area contributed by atoms with Gasteiger partial charge in [0.05, 0.1) is 0 Å². The summed E-state index contributed by atoms with van der Waals surface area (Å²) in [5.41, 5.74) is 1.10. The van der Waals surface area contributed by atoms with E-state index in [0.29, 0.717) is 25.4 Å². The summed E-state index contributed by atoms with van der Waals surface area (Å²) in [6.07, 6.45) is 14.4. The highest BCUT2D eigenvalue weighted by molar-refractivity contribution is 14.1. The maximum absolute atomic E-state index is 14.1. The molecule has 0 amide bonds. The SMILES string of the molecule is CC1=CCC(C23CC(n4cc(I)nc4C4CC4)(C2)C3)(S(=O)(=O)N2CCNCC2)C=C1. The van der Waals surface area contributed by atoms with E-state index in [-0.39, 0.29) is 11.0 Å². The molecule has 7 rings (SSSR count). The Labute approximate surface area is 192 Å². The Morgan fingerprint density at radius 1 is 1.20 bits per heavy atom. The topological polar surface area (TPSA) is 67.2 Å². The van der Waals surface area contributed by atoms with Gasteiger partial charge in [0.15, 0.2) is 0 Å². The lowest BCUT2D eigenvalue weighted by Crippen LogP contribution is -2.78. The zero-order valence-electron chi connectivity index (χ0n) is 17.4. The molecule has 1 atom stereocenters. The van der Waals surface area contributed by atoms with Crippen LogP contribution in [0.1, 0.15) is 57.2 Å². The smallest absolute Gasteiger partial charge is 0.224 e. The fraction of sp³-hybridized carbons (Fsp3) is 0.682. The van der Waals surface area contributed by atoms with Gasteiger partial charge in [0.25, 0.3) is 0 Å². The van der Waals surface area contributed by atoms with Crippen LogP contribution in [0.5, 0.6) is 0 Å². The number of halogens is 1. The molecule has 6 aliphatic rings. The number of aromatic nitrogens is 2. The largest absolute Gasteiger partial charge is 0.327 e. The number of piperazine rings is 1. The molecule has 1 aromatic rings. The van der Waals surface area contributed by atoms with Crippen LogP contribution < -0.4 is 5.32 Å². The van der Waals surface area contributed by atoms with Crippen LogP contribution >= 0.6 is 22.6 Å². The predicted octanol–water partition coefficient (Wildman–Crippen LogP) is 3.12. The number of hydrogen-bond donors (Lipinski definition) is 1. The van der Waals surface area contributed by atoms with Gasteiger partial charge in [-0.3, -0.25) is 0 Å². The van der Waals surface area contributed by atoms with Crippen molar-refractivity contribution in [3.05, 3.63) is 39.5 Å². The Morgan fingerprint density at radius 2 is 1.90 bits per heavy atom. The molecule has 2 bridgehead atoms. The first-order valence-electron chi connectivity index (χ1n) is 11.1. The fourth-order valence-electron chi connectivity index (χ4n) is 6.50. The number of nitrogens with one attached hydrogen (secondary N) is 1. The second-order valence-electron chi connectivity index (χ2n) is 10.1. The monoisotopic (exact) mass is 540 g/mol. The van der Waals surface area contributed by atoms with Gasteiger partial charge in [-0.15, -0.1) is 0 Å². The van der Waals surface area contributed by atoms with Crippen molar-refractivity contribution in [2.24, 2.45) is 5.41 Å². The molecule has 1 aromatic heterocycles. The Balaban J connectivity index is 1.35. The summed E-state index contributed by atoms with van der Waals surface area (Å²) >= 11 is 2.32. The number of allylic oxidation sites excluding steroid dienone is 3. The van der Waals surface area contributed by atoms with Crippen molar-refractivity contribution >= 4 is 32.6 Å². The van der Waals surface area contributed by atoms with Crippen molar-refractivity contribution in [3.63, 3.8) is 0 Å². The minimum absolute atomic E-state index is 0.0877. The van der Waals surface area contributed by atoms with Crippen molar-refractivity contribution in [2.45, 2.75) is 61.7 Å². The average molecular weight is 540 g/mol. The zero-order valence-corrected chi connectivity index (χ0v) is 20.4. The fourth-order valence-corrected chi connectivity index (χ4v) is 9.45.